The van der Waals surface area contributed by atoms with Crippen molar-refractivity contribution in [1.29, 1.82) is 0 Å². The maximum Gasteiger partial charge on any atom is 0.275 e. The second kappa shape index (κ2) is 4.62. The van der Waals surface area contributed by atoms with Crippen molar-refractivity contribution >= 4 is 17.9 Å². The first kappa shape index (κ1) is 8.87. The highest BCUT2D eigenvalue weighted by atomic mass is 32.1. The summed E-state index contributed by atoms with van der Waals surface area (Å²) in [5.41, 5.74) is 0. The van der Waals surface area contributed by atoms with Gasteiger partial charge in [0.1, 0.15) is 0 Å². The number of rotatable bonds is 2. The fourth-order valence-corrected chi connectivity index (χ4v) is 1.42. The lowest BCUT2D eigenvalue weighted by atomic mass is 10.00. The monoisotopic (exact) mass is 174 g/mol. The summed E-state index contributed by atoms with van der Waals surface area (Å²) >= 11 is 3.63. The van der Waals surface area contributed by atoms with Crippen LogP contribution in [0.3, 0.4) is 0 Å². The molecular formula is C7H14N2OS. The highest BCUT2D eigenvalue weighted by molar-refractivity contribution is 7.96. The van der Waals surface area contributed by atoms with Gasteiger partial charge < -0.3 is 10.6 Å². The molecule has 0 bridgehead atoms. The van der Waals surface area contributed by atoms with Gasteiger partial charge in [-0.25, -0.2) is 0 Å². The zero-order valence-electron chi connectivity index (χ0n) is 6.47. The first-order chi connectivity index (χ1) is 5.29. The maximum atomic E-state index is 10.4. The Morgan fingerprint density at radius 3 is 3.09 bits per heavy atom. The first-order valence-corrected chi connectivity index (χ1v) is 4.41. The van der Waals surface area contributed by atoms with Gasteiger partial charge in [-0.2, -0.15) is 0 Å². The van der Waals surface area contributed by atoms with Crippen LogP contribution in [0.5, 0.6) is 0 Å². The minimum Gasteiger partial charge on any atom is -0.347 e. The Kier molecular flexibility index (Phi) is 3.72. The number of carbonyl (C=O) groups is 1. The molecule has 1 aliphatic rings. The van der Waals surface area contributed by atoms with Crippen molar-refractivity contribution in [3.63, 3.8) is 0 Å². The molecule has 0 aromatic rings. The largest absolute Gasteiger partial charge is 0.347 e. The summed E-state index contributed by atoms with van der Waals surface area (Å²) in [5, 5.41) is 5.76. The van der Waals surface area contributed by atoms with E-state index >= 15 is 0 Å². The van der Waals surface area contributed by atoms with E-state index in [-0.39, 0.29) is 5.24 Å². The minimum atomic E-state index is -0.226. The lowest BCUT2D eigenvalue weighted by molar-refractivity contribution is 0.257. The van der Waals surface area contributed by atoms with Crippen LogP contribution in [0.15, 0.2) is 0 Å². The van der Waals surface area contributed by atoms with Gasteiger partial charge in [0.25, 0.3) is 5.24 Å². The SMILES string of the molecule is O=C(S)NCC1CCCNC1. The molecule has 1 amide bonds. The van der Waals surface area contributed by atoms with Gasteiger partial charge in [-0.05, 0) is 31.8 Å². The van der Waals surface area contributed by atoms with Crippen molar-refractivity contribution in [2.45, 2.75) is 12.8 Å². The molecule has 1 heterocycles. The maximum absolute atomic E-state index is 10.4. The van der Waals surface area contributed by atoms with Crippen molar-refractivity contribution in [2.24, 2.45) is 5.92 Å². The fraction of sp³-hybridized carbons (Fsp3) is 0.857. The van der Waals surface area contributed by atoms with E-state index in [1.54, 1.807) is 0 Å². The Labute approximate surface area is 72.3 Å². The molecule has 0 aromatic carbocycles. The summed E-state index contributed by atoms with van der Waals surface area (Å²) in [6.07, 6.45) is 2.42. The van der Waals surface area contributed by atoms with E-state index in [2.05, 4.69) is 23.3 Å². The van der Waals surface area contributed by atoms with Gasteiger partial charge in [-0.15, -0.1) is 0 Å². The van der Waals surface area contributed by atoms with Gasteiger partial charge in [0.15, 0.2) is 0 Å². The topological polar surface area (TPSA) is 41.1 Å². The zero-order chi connectivity index (χ0) is 8.10. The smallest absolute Gasteiger partial charge is 0.275 e. The van der Waals surface area contributed by atoms with E-state index in [1.807, 2.05) is 0 Å². The van der Waals surface area contributed by atoms with E-state index < -0.39 is 0 Å². The van der Waals surface area contributed by atoms with Crippen LogP contribution in [0, 0.1) is 5.92 Å². The molecule has 64 valence electrons. The quantitative estimate of drug-likeness (QED) is 0.537. The zero-order valence-corrected chi connectivity index (χ0v) is 7.36. The van der Waals surface area contributed by atoms with Crippen molar-refractivity contribution < 1.29 is 4.79 Å². The van der Waals surface area contributed by atoms with E-state index in [4.69, 9.17) is 0 Å². The Hall–Kier alpha value is -0.220. The molecule has 0 aromatic heterocycles. The molecular weight excluding hydrogens is 160 g/mol. The first-order valence-electron chi connectivity index (χ1n) is 3.96. The summed E-state index contributed by atoms with van der Waals surface area (Å²) in [6.45, 7) is 2.90. The van der Waals surface area contributed by atoms with Crippen molar-refractivity contribution in [3.05, 3.63) is 0 Å². The van der Waals surface area contributed by atoms with Crippen LogP contribution >= 0.6 is 12.6 Å². The molecule has 3 nitrogen and oxygen atoms in total. The third kappa shape index (κ3) is 3.62. The Morgan fingerprint density at radius 2 is 2.55 bits per heavy atom. The minimum absolute atomic E-state index is 0.226. The van der Waals surface area contributed by atoms with Gasteiger partial charge in [0.05, 0.1) is 0 Å². The van der Waals surface area contributed by atoms with Crippen molar-refractivity contribution in [2.75, 3.05) is 19.6 Å². The molecule has 1 unspecified atom stereocenters. The van der Waals surface area contributed by atoms with E-state index in [1.165, 1.54) is 12.8 Å². The molecule has 2 N–H and O–H groups in total. The van der Waals surface area contributed by atoms with E-state index in [0.29, 0.717) is 5.92 Å². The predicted octanol–water partition coefficient (Wildman–Crippen LogP) is 0.625. The number of hydrogen-bond acceptors (Lipinski definition) is 2. The molecule has 1 atom stereocenters. The van der Waals surface area contributed by atoms with E-state index in [0.717, 1.165) is 19.6 Å². The van der Waals surface area contributed by atoms with Crippen LogP contribution in [0.1, 0.15) is 12.8 Å². The third-order valence-corrected chi connectivity index (χ3v) is 2.10. The molecule has 1 rings (SSSR count). The molecule has 0 saturated carbocycles. The van der Waals surface area contributed by atoms with Gasteiger partial charge in [0.2, 0.25) is 0 Å². The summed E-state index contributed by atoms with van der Waals surface area (Å²) in [5.74, 6) is 0.597. The molecule has 1 aliphatic heterocycles. The van der Waals surface area contributed by atoms with Gasteiger partial charge in [0, 0.05) is 6.54 Å². The van der Waals surface area contributed by atoms with Crippen LogP contribution in [0.25, 0.3) is 0 Å². The van der Waals surface area contributed by atoms with Crippen molar-refractivity contribution in [3.8, 4) is 0 Å². The number of piperidine rings is 1. The molecule has 0 spiro atoms. The second-order valence-electron chi connectivity index (χ2n) is 2.90. The summed E-state index contributed by atoms with van der Waals surface area (Å²) in [6, 6.07) is 0. The lowest BCUT2D eigenvalue weighted by Crippen LogP contribution is -2.36. The Morgan fingerprint density at radius 1 is 1.73 bits per heavy atom. The predicted molar refractivity (Wildman–Crippen MR) is 48.0 cm³/mol. The van der Waals surface area contributed by atoms with Crippen LogP contribution in [-0.4, -0.2) is 24.9 Å². The average molecular weight is 174 g/mol. The summed E-state index contributed by atoms with van der Waals surface area (Å²) in [7, 11) is 0. The van der Waals surface area contributed by atoms with Crippen LogP contribution in [-0.2, 0) is 0 Å². The standard InChI is InChI=1S/C7H14N2OS/c10-7(11)9-5-6-2-1-3-8-4-6/h6,8H,1-5H2,(H2,9,10,11). The lowest BCUT2D eigenvalue weighted by Gasteiger charge is -2.22. The molecule has 11 heavy (non-hydrogen) atoms. The molecule has 0 radical (unpaired) electrons. The van der Waals surface area contributed by atoms with Crippen LogP contribution < -0.4 is 10.6 Å². The van der Waals surface area contributed by atoms with Gasteiger partial charge in [-0.1, -0.05) is 12.6 Å². The highest BCUT2D eigenvalue weighted by Gasteiger charge is 2.12. The van der Waals surface area contributed by atoms with Crippen molar-refractivity contribution in [1.82, 2.24) is 10.6 Å². The Bertz CT molecular complexity index is 134. The molecule has 1 saturated heterocycles. The molecule has 0 aliphatic carbocycles. The number of amides is 1. The third-order valence-electron chi connectivity index (χ3n) is 1.94. The van der Waals surface area contributed by atoms with Crippen LogP contribution in [0.2, 0.25) is 0 Å². The normalized spacial score (nSPS) is 24.6. The molecule has 4 heteroatoms. The number of nitrogens with one attached hydrogen (secondary N) is 2. The summed E-state index contributed by atoms with van der Waals surface area (Å²) < 4.78 is 0. The highest BCUT2D eigenvalue weighted by Crippen LogP contribution is 2.07. The number of hydrogen-bond donors (Lipinski definition) is 3. The Balaban J connectivity index is 2.09. The second-order valence-corrected chi connectivity index (χ2v) is 3.30. The average Bonchev–Trinajstić information content (AvgIpc) is 2.03. The molecule has 1 fully saturated rings. The summed E-state index contributed by atoms with van der Waals surface area (Å²) in [4.78, 5) is 10.4. The van der Waals surface area contributed by atoms with Gasteiger partial charge >= 0.3 is 0 Å². The van der Waals surface area contributed by atoms with Crippen LogP contribution in [0.4, 0.5) is 4.79 Å². The number of carbonyl (C=O) groups excluding carboxylic acids is 1. The van der Waals surface area contributed by atoms with Gasteiger partial charge in [-0.3, -0.25) is 4.79 Å². The van der Waals surface area contributed by atoms with E-state index in [9.17, 15) is 4.79 Å². The number of thiol groups is 1. The fourth-order valence-electron chi connectivity index (χ4n) is 1.33.